The fourth-order valence-corrected chi connectivity index (χ4v) is 2.96. The molecule has 1 fully saturated rings. The molecule has 0 aliphatic carbocycles. The zero-order valence-corrected chi connectivity index (χ0v) is 12.9. The van der Waals surface area contributed by atoms with Crippen LogP contribution in [-0.4, -0.2) is 35.0 Å². The van der Waals surface area contributed by atoms with E-state index in [1.54, 1.807) is 29.2 Å². The molecule has 21 heavy (non-hydrogen) atoms. The van der Waals surface area contributed by atoms with Crippen LogP contribution in [0.4, 0.5) is 0 Å². The molecule has 0 bridgehead atoms. The summed E-state index contributed by atoms with van der Waals surface area (Å²) in [6.07, 6.45) is 3.04. The van der Waals surface area contributed by atoms with E-state index in [9.17, 15) is 9.59 Å². The van der Waals surface area contributed by atoms with Crippen molar-refractivity contribution in [1.82, 2.24) is 4.90 Å². The summed E-state index contributed by atoms with van der Waals surface area (Å²) in [6, 6.07) is 5.01. The van der Waals surface area contributed by atoms with Crippen molar-refractivity contribution in [3.8, 4) is 0 Å². The third-order valence-electron chi connectivity index (χ3n) is 3.54. The Morgan fingerprint density at radius 2 is 1.86 bits per heavy atom. The number of amides is 1. The minimum atomic E-state index is -0.858. The van der Waals surface area contributed by atoms with Crippen molar-refractivity contribution in [2.75, 3.05) is 13.1 Å². The molecule has 0 radical (unpaired) electrons. The van der Waals surface area contributed by atoms with Gasteiger partial charge in [0, 0.05) is 29.2 Å². The maximum absolute atomic E-state index is 12.1. The van der Waals surface area contributed by atoms with Crippen molar-refractivity contribution < 1.29 is 14.7 Å². The zero-order valence-electron chi connectivity index (χ0n) is 11.4. The Kier molecular flexibility index (Phi) is 4.91. The van der Waals surface area contributed by atoms with Crippen LogP contribution in [0.3, 0.4) is 0 Å². The van der Waals surface area contributed by atoms with Gasteiger partial charge in [-0.05, 0) is 35.8 Å². The Hall–Kier alpha value is -1.52. The van der Waals surface area contributed by atoms with Crippen LogP contribution in [0, 0.1) is 11.8 Å². The van der Waals surface area contributed by atoms with E-state index >= 15 is 0 Å². The Morgan fingerprint density at radius 1 is 1.24 bits per heavy atom. The largest absolute Gasteiger partial charge is 0.481 e. The molecular formula is C15H15Cl2NO3. The SMILES string of the molecule is CC1CN(C(=O)C=Cc2cc(Cl)cc(Cl)c2)CC1C(=O)O. The van der Waals surface area contributed by atoms with Crippen LogP contribution in [0.2, 0.25) is 10.0 Å². The first kappa shape index (κ1) is 15.9. The molecule has 2 unspecified atom stereocenters. The molecule has 1 aromatic carbocycles. The zero-order chi connectivity index (χ0) is 15.6. The normalized spacial score (nSPS) is 22.0. The minimum absolute atomic E-state index is 0.0412. The molecule has 1 saturated heterocycles. The highest BCUT2D eigenvalue weighted by atomic mass is 35.5. The molecule has 0 saturated carbocycles. The third kappa shape index (κ3) is 3.99. The van der Waals surface area contributed by atoms with Gasteiger partial charge >= 0.3 is 5.97 Å². The highest BCUT2D eigenvalue weighted by Gasteiger charge is 2.36. The van der Waals surface area contributed by atoms with E-state index in [0.717, 1.165) is 5.56 Å². The molecule has 1 heterocycles. The first-order valence-electron chi connectivity index (χ1n) is 6.52. The Bertz CT molecular complexity index is 580. The second kappa shape index (κ2) is 6.50. The van der Waals surface area contributed by atoms with Gasteiger partial charge < -0.3 is 10.0 Å². The lowest BCUT2D eigenvalue weighted by Crippen LogP contribution is -2.28. The van der Waals surface area contributed by atoms with Gasteiger partial charge in [0.05, 0.1) is 5.92 Å². The van der Waals surface area contributed by atoms with Crippen molar-refractivity contribution in [3.63, 3.8) is 0 Å². The van der Waals surface area contributed by atoms with Crippen molar-refractivity contribution in [2.24, 2.45) is 11.8 Å². The molecule has 1 aromatic rings. The molecule has 0 spiro atoms. The number of benzene rings is 1. The van der Waals surface area contributed by atoms with Gasteiger partial charge in [0.2, 0.25) is 5.91 Å². The Balaban J connectivity index is 2.05. The average Bonchev–Trinajstić information content (AvgIpc) is 2.77. The van der Waals surface area contributed by atoms with Gasteiger partial charge in [-0.1, -0.05) is 30.1 Å². The van der Waals surface area contributed by atoms with Gasteiger partial charge in [-0.15, -0.1) is 0 Å². The van der Waals surface area contributed by atoms with Crippen molar-refractivity contribution in [3.05, 3.63) is 39.9 Å². The second-order valence-electron chi connectivity index (χ2n) is 5.20. The first-order valence-corrected chi connectivity index (χ1v) is 7.28. The van der Waals surface area contributed by atoms with Crippen LogP contribution in [0.15, 0.2) is 24.3 Å². The summed E-state index contributed by atoms with van der Waals surface area (Å²) in [5.41, 5.74) is 0.725. The van der Waals surface area contributed by atoms with E-state index in [1.165, 1.54) is 6.08 Å². The van der Waals surface area contributed by atoms with Gasteiger partial charge in [-0.2, -0.15) is 0 Å². The van der Waals surface area contributed by atoms with Gasteiger partial charge in [0.1, 0.15) is 0 Å². The highest BCUT2D eigenvalue weighted by Crippen LogP contribution is 2.24. The fraction of sp³-hybridized carbons (Fsp3) is 0.333. The summed E-state index contributed by atoms with van der Waals surface area (Å²) in [5.74, 6) is -1.60. The van der Waals surface area contributed by atoms with Crippen LogP contribution < -0.4 is 0 Å². The molecule has 6 heteroatoms. The Morgan fingerprint density at radius 3 is 2.38 bits per heavy atom. The van der Waals surface area contributed by atoms with Crippen molar-refractivity contribution >= 4 is 41.2 Å². The van der Waals surface area contributed by atoms with Crippen molar-refractivity contribution in [2.45, 2.75) is 6.92 Å². The number of halogens is 2. The molecule has 2 rings (SSSR count). The lowest BCUT2D eigenvalue weighted by molar-refractivity contribution is -0.142. The number of nitrogens with zero attached hydrogens (tertiary/aromatic N) is 1. The number of carboxylic acid groups (broad SMARTS) is 1. The van der Waals surface area contributed by atoms with Gasteiger partial charge in [-0.3, -0.25) is 9.59 Å². The fourth-order valence-electron chi connectivity index (χ4n) is 2.41. The number of rotatable bonds is 3. The number of aliphatic carboxylic acids is 1. The summed E-state index contributed by atoms with van der Waals surface area (Å²) in [5, 5.41) is 10.1. The number of hydrogen-bond donors (Lipinski definition) is 1. The van der Waals surface area contributed by atoms with E-state index in [0.29, 0.717) is 16.6 Å². The molecule has 0 aromatic heterocycles. The topological polar surface area (TPSA) is 57.6 Å². The van der Waals surface area contributed by atoms with E-state index in [4.69, 9.17) is 28.3 Å². The summed E-state index contributed by atoms with van der Waals surface area (Å²) < 4.78 is 0. The molecule has 1 amide bonds. The first-order chi connectivity index (χ1) is 9.86. The van der Waals surface area contributed by atoms with E-state index in [1.807, 2.05) is 6.92 Å². The van der Waals surface area contributed by atoms with Crippen LogP contribution >= 0.6 is 23.2 Å². The van der Waals surface area contributed by atoms with Gasteiger partial charge in [0.15, 0.2) is 0 Å². The predicted molar refractivity (Wildman–Crippen MR) is 82.4 cm³/mol. The lowest BCUT2D eigenvalue weighted by Gasteiger charge is -2.12. The molecular weight excluding hydrogens is 313 g/mol. The standard InChI is InChI=1S/C15H15Cl2NO3/c1-9-7-18(8-13(9)15(20)21)14(19)3-2-10-4-11(16)6-12(17)5-10/h2-6,9,13H,7-8H2,1H3,(H,20,21). The Labute approximate surface area is 133 Å². The van der Waals surface area contributed by atoms with E-state index in [-0.39, 0.29) is 18.4 Å². The van der Waals surface area contributed by atoms with Crippen LogP contribution in [-0.2, 0) is 9.59 Å². The number of carbonyl (C=O) groups excluding carboxylic acids is 1. The van der Waals surface area contributed by atoms with Crippen molar-refractivity contribution in [1.29, 1.82) is 0 Å². The summed E-state index contributed by atoms with van der Waals surface area (Å²) in [7, 11) is 0. The third-order valence-corrected chi connectivity index (χ3v) is 3.98. The predicted octanol–water partition coefficient (Wildman–Crippen LogP) is 3.19. The maximum atomic E-state index is 12.1. The second-order valence-corrected chi connectivity index (χ2v) is 6.07. The lowest BCUT2D eigenvalue weighted by atomic mass is 9.99. The number of hydrogen-bond acceptors (Lipinski definition) is 2. The molecule has 1 N–H and O–H groups in total. The van der Waals surface area contributed by atoms with Crippen LogP contribution in [0.5, 0.6) is 0 Å². The molecule has 112 valence electrons. The van der Waals surface area contributed by atoms with Crippen LogP contribution in [0.25, 0.3) is 6.08 Å². The van der Waals surface area contributed by atoms with Gasteiger partial charge in [-0.25, -0.2) is 0 Å². The monoisotopic (exact) mass is 327 g/mol. The quantitative estimate of drug-likeness (QED) is 0.867. The number of carbonyl (C=O) groups is 2. The summed E-state index contributed by atoms with van der Waals surface area (Å²) >= 11 is 11.8. The highest BCUT2D eigenvalue weighted by molar-refractivity contribution is 6.34. The van der Waals surface area contributed by atoms with E-state index in [2.05, 4.69) is 0 Å². The maximum Gasteiger partial charge on any atom is 0.308 e. The molecule has 4 nitrogen and oxygen atoms in total. The average molecular weight is 328 g/mol. The number of carboxylic acids is 1. The van der Waals surface area contributed by atoms with Gasteiger partial charge in [0.25, 0.3) is 0 Å². The molecule has 1 aliphatic heterocycles. The smallest absolute Gasteiger partial charge is 0.308 e. The van der Waals surface area contributed by atoms with E-state index < -0.39 is 11.9 Å². The summed E-state index contributed by atoms with van der Waals surface area (Å²) in [4.78, 5) is 24.7. The molecule has 2 atom stereocenters. The number of likely N-dealkylation sites (tertiary alicyclic amines) is 1. The van der Waals surface area contributed by atoms with Crippen LogP contribution in [0.1, 0.15) is 12.5 Å². The summed E-state index contributed by atoms with van der Waals surface area (Å²) in [6.45, 7) is 2.54. The molecule has 1 aliphatic rings. The minimum Gasteiger partial charge on any atom is -0.481 e.